The molecule has 0 saturated carbocycles. The Kier molecular flexibility index (Phi) is 7.01. The second-order valence-corrected chi connectivity index (χ2v) is 5.83. The highest BCUT2D eigenvalue weighted by Gasteiger charge is 2.21. The minimum atomic E-state index is -0.685. The lowest BCUT2D eigenvalue weighted by Gasteiger charge is -2.17. The fraction of sp³-hybridized carbons (Fsp3) is 0.211. The molecule has 1 unspecified atom stereocenters. The van der Waals surface area contributed by atoms with Crippen molar-refractivity contribution < 1.29 is 14.7 Å². The first kappa shape index (κ1) is 19.3. The molecule has 6 nitrogen and oxygen atoms in total. The number of carbonyl (C=O) groups is 2. The van der Waals surface area contributed by atoms with Crippen molar-refractivity contribution >= 4 is 23.4 Å². The Bertz CT molecular complexity index is 798. The first-order chi connectivity index (χ1) is 12.5. The van der Waals surface area contributed by atoms with Crippen molar-refractivity contribution in [1.82, 2.24) is 10.6 Å². The monoisotopic (exact) mass is 371 g/mol. The van der Waals surface area contributed by atoms with Crippen molar-refractivity contribution in [2.24, 2.45) is 0 Å². The SMILES string of the molecule is N#CCNC(=O)C(CNC(=O)c1ccc(CCl)cc1)c1ccc(O)cc1. The van der Waals surface area contributed by atoms with Gasteiger partial charge in [0.05, 0.1) is 12.0 Å². The molecule has 0 aliphatic carbocycles. The number of phenolic OH excluding ortho intramolecular Hbond substituents is 1. The zero-order valence-electron chi connectivity index (χ0n) is 13.9. The third kappa shape index (κ3) is 5.23. The normalized spacial score (nSPS) is 11.2. The van der Waals surface area contributed by atoms with Gasteiger partial charge in [-0.2, -0.15) is 5.26 Å². The number of benzene rings is 2. The summed E-state index contributed by atoms with van der Waals surface area (Å²) in [7, 11) is 0. The Labute approximate surface area is 156 Å². The van der Waals surface area contributed by atoms with Gasteiger partial charge in [-0.3, -0.25) is 9.59 Å². The molecule has 2 aromatic rings. The van der Waals surface area contributed by atoms with Crippen LogP contribution in [0.4, 0.5) is 0 Å². The third-order valence-electron chi connectivity index (χ3n) is 3.79. The van der Waals surface area contributed by atoms with E-state index in [0.717, 1.165) is 5.56 Å². The zero-order chi connectivity index (χ0) is 18.9. The van der Waals surface area contributed by atoms with Gasteiger partial charge in [-0.05, 0) is 35.4 Å². The number of phenols is 1. The molecule has 0 fully saturated rings. The summed E-state index contributed by atoms with van der Waals surface area (Å²) in [6.07, 6.45) is 0. The summed E-state index contributed by atoms with van der Waals surface area (Å²) in [5.74, 6) is -0.939. The number of carbonyl (C=O) groups excluding carboxylic acids is 2. The van der Waals surface area contributed by atoms with E-state index in [1.165, 1.54) is 12.1 Å². The maximum Gasteiger partial charge on any atom is 0.251 e. The molecule has 0 heterocycles. The number of rotatable bonds is 7. The van der Waals surface area contributed by atoms with Crippen LogP contribution in [0.3, 0.4) is 0 Å². The maximum absolute atomic E-state index is 12.3. The molecule has 7 heteroatoms. The largest absolute Gasteiger partial charge is 0.508 e. The number of hydrogen-bond acceptors (Lipinski definition) is 4. The van der Waals surface area contributed by atoms with Crippen LogP contribution in [-0.4, -0.2) is 30.0 Å². The highest BCUT2D eigenvalue weighted by Crippen LogP contribution is 2.19. The van der Waals surface area contributed by atoms with E-state index in [4.69, 9.17) is 16.9 Å². The van der Waals surface area contributed by atoms with Crippen molar-refractivity contribution in [2.45, 2.75) is 11.8 Å². The van der Waals surface area contributed by atoms with E-state index in [-0.39, 0.29) is 30.7 Å². The predicted molar refractivity (Wildman–Crippen MR) is 97.8 cm³/mol. The van der Waals surface area contributed by atoms with Gasteiger partial charge in [0, 0.05) is 18.0 Å². The van der Waals surface area contributed by atoms with Gasteiger partial charge < -0.3 is 15.7 Å². The van der Waals surface area contributed by atoms with Crippen molar-refractivity contribution in [3.63, 3.8) is 0 Å². The first-order valence-corrected chi connectivity index (χ1v) is 8.45. The van der Waals surface area contributed by atoms with Crippen molar-refractivity contribution in [2.75, 3.05) is 13.1 Å². The van der Waals surface area contributed by atoms with Crippen LogP contribution in [0.25, 0.3) is 0 Å². The average Bonchev–Trinajstić information content (AvgIpc) is 2.67. The average molecular weight is 372 g/mol. The standard InChI is InChI=1S/C19H18ClN3O3/c20-11-13-1-3-15(4-2-13)18(25)23-12-17(19(26)22-10-9-21)14-5-7-16(24)8-6-14/h1-8,17,24H,10-12H2,(H,22,26)(H,23,25). The van der Waals surface area contributed by atoms with Gasteiger partial charge in [0.25, 0.3) is 5.91 Å². The molecule has 0 saturated heterocycles. The van der Waals surface area contributed by atoms with Gasteiger partial charge >= 0.3 is 0 Å². The Morgan fingerprint density at radius 2 is 1.73 bits per heavy atom. The quantitative estimate of drug-likeness (QED) is 0.513. The number of nitriles is 1. The summed E-state index contributed by atoms with van der Waals surface area (Å²) in [5, 5.41) is 23.3. The summed E-state index contributed by atoms with van der Waals surface area (Å²) in [6.45, 7) is -0.0701. The van der Waals surface area contributed by atoms with Crippen LogP contribution in [0.5, 0.6) is 5.75 Å². The molecular formula is C19H18ClN3O3. The van der Waals surface area contributed by atoms with E-state index in [1.54, 1.807) is 36.4 Å². The number of nitrogens with one attached hydrogen (secondary N) is 2. The second kappa shape index (κ2) is 9.44. The molecule has 0 radical (unpaired) electrons. The van der Waals surface area contributed by atoms with E-state index in [0.29, 0.717) is 17.0 Å². The number of nitrogens with zero attached hydrogens (tertiary/aromatic N) is 1. The van der Waals surface area contributed by atoms with Crippen LogP contribution in [0, 0.1) is 11.3 Å². The Balaban J connectivity index is 2.10. The summed E-state index contributed by atoms with van der Waals surface area (Å²) in [5.41, 5.74) is 1.98. The Morgan fingerprint density at radius 3 is 2.31 bits per heavy atom. The lowest BCUT2D eigenvalue weighted by atomic mass is 9.97. The van der Waals surface area contributed by atoms with Crippen molar-refractivity contribution in [3.8, 4) is 11.8 Å². The van der Waals surface area contributed by atoms with E-state index < -0.39 is 5.92 Å². The number of halogens is 1. The first-order valence-electron chi connectivity index (χ1n) is 7.92. The van der Waals surface area contributed by atoms with Gasteiger partial charge in [-0.25, -0.2) is 0 Å². The molecule has 1 atom stereocenters. The van der Waals surface area contributed by atoms with Gasteiger partial charge in [0.1, 0.15) is 12.3 Å². The molecule has 0 spiro atoms. The smallest absolute Gasteiger partial charge is 0.251 e. The second-order valence-electron chi connectivity index (χ2n) is 5.56. The topological polar surface area (TPSA) is 102 Å². The molecule has 0 aliphatic heterocycles. The lowest BCUT2D eigenvalue weighted by Crippen LogP contribution is -2.37. The van der Waals surface area contributed by atoms with Crippen LogP contribution in [-0.2, 0) is 10.7 Å². The molecular weight excluding hydrogens is 354 g/mol. The van der Waals surface area contributed by atoms with E-state index >= 15 is 0 Å². The Morgan fingerprint density at radius 1 is 1.08 bits per heavy atom. The summed E-state index contributed by atoms with van der Waals surface area (Å²) in [6, 6.07) is 14.8. The number of hydrogen-bond donors (Lipinski definition) is 3. The third-order valence-corrected chi connectivity index (χ3v) is 4.10. The molecule has 2 amide bonds. The fourth-order valence-electron chi connectivity index (χ4n) is 2.36. The van der Waals surface area contributed by atoms with E-state index in [1.807, 2.05) is 6.07 Å². The maximum atomic E-state index is 12.3. The van der Waals surface area contributed by atoms with E-state index in [9.17, 15) is 14.7 Å². The molecule has 0 bridgehead atoms. The van der Waals surface area contributed by atoms with E-state index in [2.05, 4.69) is 10.6 Å². The molecule has 2 aromatic carbocycles. The zero-order valence-corrected chi connectivity index (χ0v) is 14.7. The van der Waals surface area contributed by atoms with Gasteiger partial charge in [0.15, 0.2) is 0 Å². The molecule has 134 valence electrons. The lowest BCUT2D eigenvalue weighted by molar-refractivity contribution is -0.122. The van der Waals surface area contributed by atoms with Crippen LogP contribution >= 0.6 is 11.6 Å². The Hall–Kier alpha value is -3.04. The molecule has 0 aliphatic rings. The molecule has 3 N–H and O–H groups in total. The molecule has 2 rings (SSSR count). The summed E-state index contributed by atoms with van der Waals surface area (Å²) in [4.78, 5) is 24.6. The van der Waals surface area contributed by atoms with Gasteiger partial charge in [-0.1, -0.05) is 24.3 Å². The number of amides is 2. The number of alkyl halides is 1. The van der Waals surface area contributed by atoms with Crippen LogP contribution in [0.2, 0.25) is 0 Å². The summed E-state index contributed by atoms with van der Waals surface area (Å²) < 4.78 is 0. The van der Waals surface area contributed by atoms with Crippen molar-refractivity contribution in [1.29, 1.82) is 5.26 Å². The molecule has 0 aromatic heterocycles. The predicted octanol–water partition coefficient (Wildman–Crippen LogP) is 2.28. The highest BCUT2D eigenvalue weighted by molar-refractivity contribution is 6.17. The fourth-order valence-corrected chi connectivity index (χ4v) is 2.54. The molecule has 26 heavy (non-hydrogen) atoms. The van der Waals surface area contributed by atoms with Gasteiger partial charge in [-0.15, -0.1) is 11.6 Å². The van der Waals surface area contributed by atoms with Crippen LogP contribution in [0.15, 0.2) is 48.5 Å². The number of aromatic hydroxyl groups is 1. The van der Waals surface area contributed by atoms with Crippen LogP contribution in [0.1, 0.15) is 27.4 Å². The van der Waals surface area contributed by atoms with Crippen LogP contribution < -0.4 is 10.6 Å². The minimum Gasteiger partial charge on any atom is -0.508 e. The van der Waals surface area contributed by atoms with Gasteiger partial charge in [0.2, 0.25) is 5.91 Å². The summed E-state index contributed by atoms with van der Waals surface area (Å²) >= 11 is 5.73. The highest BCUT2D eigenvalue weighted by atomic mass is 35.5. The minimum absolute atomic E-state index is 0.0537. The van der Waals surface area contributed by atoms with Crippen molar-refractivity contribution in [3.05, 3.63) is 65.2 Å².